The molecule has 1 aliphatic heterocycles. The van der Waals surface area contributed by atoms with Gasteiger partial charge in [-0.2, -0.15) is 0 Å². The van der Waals surface area contributed by atoms with E-state index in [1.165, 1.54) is 18.7 Å². The van der Waals surface area contributed by atoms with E-state index >= 15 is 0 Å². The molecule has 1 fully saturated rings. The number of rotatable bonds is 3. The molecule has 1 saturated heterocycles. The Hall–Kier alpha value is -2.53. The van der Waals surface area contributed by atoms with Gasteiger partial charge in [0.1, 0.15) is 12.1 Å². The molecule has 1 aliphatic rings. The highest BCUT2D eigenvalue weighted by molar-refractivity contribution is 5.72. The Bertz CT molecular complexity index is 1000. The molecule has 11 heteroatoms. The Morgan fingerprint density at radius 3 is 2.40 bits per heavy atom. The van der Waals surface area contributed by atoms with Crippen molar-refractivity contribution in [2.75, 3.05) is 6.61 Å². The van der Waals surface area contributed by atoms with E-state index in [0.717, 1.165) is 9.13 Å². The molecule has 2 aromatic rings. The van der Waals surface area contributed by atoms with Crippen LogP contribution in [0.25, 0.3) is 11.2 Å². The molecule has 0 aromatic carbocycles. The number of nitro groups is 1. The average Bonchev–Trinajstić information content (AvgIpc) is 3.00. The minimum absolute atomic E-state index is 0.0172. The Morgan fingerprint density at radius 2 is 1.88 bits per heavy atom. The minimum Gasteiger partial charge on any atom is -0.390 e. The zero-order chi connectivity index (χ0) is 18.7. The van der Waals surface area contributed by atoms with Crippen LogP contribution in [0.5, 0.6) is 0 Å². The second kappa shape index (κ2) is 5.23. The SMILES string of the molecule is Cn1c(=O)c2c(nc([N+](=O)[O-])n2CC2(C)COC(C)(C)O2)n(C)c1=O. The second-order valence-corrected chi connectivity index (χ2v) is 6.87. The summed E-state index contributed by atoms with van der Waals surface area (Å²) >= 11 is 0. The van der Waals surface area contributed by atoms with Crippen molar-refractivity contribution in [1.29, 1.82) is 0 Å². The van der Waals surface area contributed by atoms with Gasteiger partial charge in [-0.25, -0.2) is 9.36 Å². The number of hydrogen-bond donors (Lipinski definition) is 0. The van der Waals surface area contributed by atoms with Crippen LogP contribution >= 0.6 is 0 Å². The van der Waals surface area contributed by atoms with Crippen molar-refractivity contribution in [1.82, 2.24) is 18.7 Å². The molecule has 2 aromatic heterocycles. The number of aromatic nitrogens is 4. The van der Waals surface area contributed by atoms with Crippen LogP contribution in [-0.2, 0) is 30.1 Å². The van der Waals surface area contributed by atoms with E-state index in [4.69, 9.17) is 9.47 Å². The number of ether oxygens (including phenoxy) is 2. The van der Waals surface area contributed by atoms with Crippen molar-refractivity contribution < 1.29 is 14.4 Å². The lowest BCUT2D eigenvalue weighted by molar-refractivity contribution is -0.396. The van der Waals surface area contributed by atoms with Gasteiger partial charge < -0.3 is 19.6 Å². The summed E-state index contributed by atoms with van der Waals surface area (Å²) in [6, 6.07) is 0. The standard InChI is InChI=1S/C14H19N5O6/c1-13(2)24-7-14(3,25-13)6-18-8-9(15-11(18)19(22)23)16(4)12(21)17(5)10(8)20/h6-7H2,1-5H3. The summed E-state index contributed by atoms with van der Waals surface area (Å²) in [4.78, 5) is 39.3. The van der Waals surface area contributed by atoms with Crippen LogP contribution in [0, 0.1) is 10.1 Å². The van der Waals surface area contributed by atoms with Crippen molar-refractivity contribution in [2.45, 2.75) is 38.7 Å². The number of imidazole rings is 1. The molecular formula is C14H19N5O6. The highest BCUT2D eigenvalue weighted by Gasteiger charge is 2.45. The summed E-state index contributed by atoms with van der Waals surface area (Å²) in [5, 5.41) is 11.4. The summed E-state index contributed by atoms with van der Waals surface area (Å²) in [5.41, 5.74) is -2.21. The Labute approximate surface area is 141 Å². The fourth-order valence-corrected chi connectivity index (χ4v) is 3.12. The van der Waals surface area contributed by atoms with E-state index < -0.39 is 33.5 Å². The van der Waals surface area contributed by atoms with E-state index in [0.29, 0.717) is 0 Å². The minimum atomic E-state index is -0.887. The first-order chi connectivity index (χ1) is 11.5. The maximum atomic E-state index is 12.6. The number of hydrogen-bond acceptors (Lipinski definition) is 7. The maximum Gasteiger partial charge on any atom is 0.437 e. The molecule has 136 valence electrons. The molecule has 0 N–H and O–H groups in total. The van der Waals surface area contributed by atoms with E-state index in [2.05, 4.69) is 4.98 Å². The lowest BCUT2D eigenvalue weighted by atomic mass is 10.1. The summed E-state index contributed by atoms with van der Waals surface area (Å²) in [6.07, 6.45) is 0. The van der Waals surface area contributed by atoms with Crippen molar-refractivity contribution in [3.63, 3.8) is 0 Å². The Balaban J connectivity index is 2.27. The molecule has 0 saturated carbocycles. The third-order valence-electron chi connectivity index (χ3n) is 4.20. The highest BCUT2D eigenvalue weighted by atomic mass is 16.8. The van der Waals surface area contributed by atoms with E-state index in [9.17, 15) is 19.7 Å². The predicted octanol–water partition coefficient (Wildman–Crippen LogP) is -0.117. The predicted molar refractivity (Wildman–Crippen MR) is 86.4 cm³/mol. The molecule has 1 unspecified atom stereocenters. The summed E-state index contributed by atoms with van der Waals surface area (Å²) in [6.45, 7) is 5.40. The number of nitrogens with zero attached hydrogens (tertiary/aromatic N) is 5. The van der Waals surface area contributed by atoms with Crippen LogP contribution < -0.4 is 11.2 Å². The van der Waals surface area contributed by atoms with Crippen LogP contribution in [-0.4, -0.2) is 41.6 Å². The normalized spacial score (nSPS) is 22.6. The van der Waals surface area contributed by atoms with Gasteiger partial charge in [0.25, 0.3) is 11.2 Å². The van der Waals surface area contributed by atoms with E-state index in [1.807, 2.05) is 0 Å². The topological polar surface area (TPSA) is 123 Å². The van der Waals surface area contributed by atoms with Crippen molar-refractivity contribution >= 4 is 17.1 Å². The third kappa shape index (κ3) is 2.65. The molecular weight excluding hydrogens is 334 g/mol. The lowest BCUT2D eigenvalue weighted by Crippen LogP contribution is -2.39. The van der Waals surface area contributed by atoms with Crippen molar-refractivity contribution in [3.05, 3.63) is 31.0 Å². The van der Waals surface area contributed by atoms with Crippen molar-refractivity contribution in [2.24, 2.45) is 14.1 Å². The van der Waals surface area contributed by atoms with Crippen LogP contribution in [0.15, 0.2) is 9.59 Å². The number of aryl methyl sites for hydroxylation is 1. The lowest BCUT2D eigenvalue weighted by Gasteiger charge is -2.24. The molecule has 3 rings (SSSR count). The summed E-state index contributed by atoms with van der Waals surface area (Å²) in [7, 11) is 2.72. The number of fused-ring (bicyclic) bond motifs is 1. The maximum absolute atomic E-state index is 12.6. The van der Waals surface area contributed by atoms with Gasteiger partial charge in [0.05, 0.1) is 6.61 Å². The zero-order valence-electron chi connectivity index (χ0n) is 14.6. The quantitative estimate of drug-likeness (QED) is 0.557. The Morgan fingerprint density at radius 1 is 1.24 bits per heavy atom. The third-order valence-corrected chi connectivity index (χ3v) is 4.20. The van der Waals surface area contributed by atoms with Crippen molar-refractivity contribution in [3.8, 4) is 0 Å². The first kappa shape index (κ1) is 17.3. The molecule has 1 atom stereocenters. The van der Waals surface area contributed by atoms with Crippen LogP contribution in [0.2, 0.25) is 0 Å². The molecule has 3 heterocycles. The fraction of sp³-hybridized carbons (Fsp3) is 0.643. The molecule has 11 nitrogen and oxygen atoms in total. The van der Waals surface area contributed by atoms with E-state index in [1.54, 1.807) is 20.8 Å². The zero-order valence-corrected chi connectivity index (χ0v) is 14.6. The first-order valence-electron chi connectivity index (χ1n) is 7.60. The molecule has 0 aliphatic carbocycles. The molecule has 0 amide bonds. The Kier molecular flexibility index (Phi) is 3.62. The molecule has 0 radical (unpaired) electrons. The molecule has 0 bridgehead atoms. The first-order valence-corrected chi connectivity index (χ1v) is 7.60. The van der Waals surface area contributed by atoms with Gasteiger partial charge in [0.15, 0.2) is 5.79 Å². The smallest absolute Gasteiger partial charge is 0.390 e. The van der Waals surface area contributed by atoms with Gasteiger partial charge in [0, 0.05) is 14.1 Å². The highest BCUT2D eigenvalue weighted by Crippen LogP contribution is 2.33. The fourth-order valence-electron chi connectivity index (χ4n) is 3.12. The van der Waals surface area contributed by atoms with Gasteiger partial charge in [0.2, 0.25) is 5.52 Å². The van der Waals surface area contributed by atoms with Gasteiger partial charge in [-0.1, -0.05) is 0 Å². The van der Waals surface area contributed by atoms with Crippen LogP contribution in [0.4, 0.5) is 5.95 Å². The van der Waals surface area contributed by atoms with Gasteiger partial charge in [-0.05, 0) is 30.7 Å². The second-order valence-electron chi connectivity index (χ2n) is 6.87. The molecule has 0 spiro atoms. The summed E-state index contributed by atoms with van der Waals surface area (Å²) < 4.78 is 14.6. The molecule has 25 heavy (non-hydrogen) atoms. The van der Waals surface area contributed by atoms with E-state index in [-0.39, 0.29) is 24.3 Å². The van der Waals surface area contributed by atoms with Gasteiger partial charge >= 0.3 is 11.6 Å². The monoisotopic (exact) mass is 353 g/mol. The van der Waals surface area contributed by atoms with Crippen LogP contribution in [0.1, 0.15) is 20.8 Å². The summed E-state index contributed by atoms with van der Waals surface area (Å²) in [5.74, 6) is -1.36. The average molecular weight is 353 g/mol. The van der Waals surface area contributed by atoms with Gasteiger partial charge in [-0.15, -0.1) is 0 Å². The largest absolute Gasteiger partial charge is 0.437 e. The van der Waals surface area contributed by atoms with Crippen LogP contribution in [0.3, 0.4) is 0 Å². The van der Waals surface area contributed by atoms with Gasteiger partial charge in [-0.3, -0.25) is 13.9 Å².